The van der Waals surface area contributed by atoms with E-state index in [-0.39, 0.29) is 5.91 Å². The van der Waals surface area contributed by atoms with Gasteiger partial charge in [0.25, 0.3) is 5.91 Å². The predicted molar refractivity (Wildman–Crippen MR) is 125 cm³/mol. The molecule has 8 heteroatoms. The van der Waals surface area contributed by atoms with Crippen LogP contribution in [0.3, 0.4) is 0 Å². The summed E-state index contributed by atoms with van der Waals surface area (Å²) in [7, 11) is 0. The molecule has 33 heavy (non-hydrogen) atoms. The second-order valence-corrected chi connectivity index (χ2v) is 9.17. The first-order valence-corrected chi connectivity index (χ1v) is 11.7. The molecule has 3 aromatic rings. The van der Waals surface area contributed by atoms with E-state index in [2.05, 4.69) is 31.9 Å². The van der Waals surface area contributed by atoms with Crippen LogP contribution in [0.4, 0.5) is 5.69 Å². The van der Waals surface area contributed by atoms with Gasteiger partial charge in [-0.3, -0.25) is 4.79 Å². The molecule has 0 spiro atoms. The summed E-state index contributed by atoms with van der Waals surface area (Å²) in [6, 6.07) is 15.0. The van der Waals surface area contributed by atoms with E-state index in [0.717, 1.165) is 44.8 Å². The number of carbonyl (C=O) groups is 1. The van der Waals surface area contributed by atoms with Crippen LogP contribution in [0.2, 0.25) is 0 Å². The fourth-order valence-electron chi connectivity index (χ4n) is 5.38. The highest BCUT2D eigenvalue weighted by atomic mass is 16.6. The Morgan fingerprint density at radius 3 is 2.61 bits per heavy atom. The normalized spacial score (nSPS) is 22.2. The van der Waals surface area contributed by atoms with Gasteiger partial charge in [0.1, 0.15) is 11.0 Å². The molecule has 8 nitrogen and oxygen atoms in total. The number of aromatic nitrogens is 2. The number of nitriles is 1. The monoisotopic (exact) mass is 444 g/mol. The van der Waals surface area contributed by atoms with Crippen LogP contribution in [0.25, 0.3) is 11.0 Å². The van der Waals surface area contributed by atoms with Crippen molar-refractivity contribution in [3.63, 3.8) is 0 Å². The van der Waals surface area contributed by atoms with Crippen molar-refractivity contribution in [3.05, 3.63) is 53.6 Å². The number of fused-ring (bicyclic) bond motifs is 3. The number of amides is 1. The molecule has 1 aliphatic heterocycles. The predicted octanol–water partition coefficient (Wildman–Crippen LogP) is 3.28. The van der Waals surface area contributed by atoms with E-state index in [1.807, 2.05) is 24.3 Å². The Bertz CT molecular complexity index is 1140. The van der Waals surface area contributed by atoms with Gasteiger partial charge in [0.15, 0.2) is 0 Å². The number of hydrogen-bond donors (Lipinski definition) is 2. The molecule has 1 saturated carbocycles. The summed E-state index contributed by atoms with van der Waals surface area (Å²) in [6.45, 7) is 4.97. The first-order valence-electron chi connectivity index (χ1n) is 11.7. The maximum Gasteiger partial charge on any atom is 0.251 e. The van der Waals surface area contributed by atoms with Crippen LogP contribution in [0.1, 0.15) is 35.2 Å². The molecule has 2 unspecified atom stereocenters. The van der Waals surface area contributed by atoms with Crippen molar-refractivity contribution in [2.24, 2.45) is 17.8 Å². The van der Waals surface area contributed by atoms with Crippen molar-refractivity contribution >= 4 is 22.6 Å². The zero-order chi connectivity index (χ0) is 22.6. The van der Waals surface area contributed by atoms with E-state index in [4.69, 9.17) is 9.89 Å². The third kappa shape index (κ3) is 4.83. The van der Waals surface area contributed by atoms with Crippen LogP contribution in [0.5, 0.6) is 0 Å². The summed E-state index contributed by atoms with van der Waals surface area (Å²) in [4.78, 5) is 15.2. The Balaban J connectivity index is 1.06. The molecule has 2 atom stereocenters. The lowest BCUT2D eigenvalue weighted by molar-refractivity contribution is 0.0871. The number of nitrogens with zero attached hydrogens (tertiary/aromatic N) is 4. The fourth-order valence-corrected chi connectivity index (χ4v) is 5.38. The number of piperidine rings is 1. The Morgan fingerprint density at radius 2 is 1.85 bits per heavy atom. The molecule has 170 valence electrons. The van der Waals surface area contributed by atoms with Crippen LogP contribution < -0.4 is 10.6 Å². The molecule has 2 bridgehead atoms. The minimum absolute atomic E-state index is 0.0596. The van der Waals surface area contributed by atoms with Gasteiger partial charge in [-0.15, -0.1) is 0 Å². The van der Waals surface area contributed by atoms with Gasteiger partial charge in [0.2, 0.25) is 0 Å². The minimum atomic E-state index is -0.0596. The summed E-state index contributed by atoms with van der Waals surface area (Å²) in [5.74, 6) is 1.80. The van der Waals surface area contributed by atoms with Gasteiger partial charge >= 0.3 is 0 Å². The average molecular weight is 445 g/mol. The first kappa shape index (κ1) is 21.4. The largest absolute Gasteiger partial charge is 0.385 e. The van der Waals surface area contributed by atoms with Crippen LogP contribution in [-0.4, -0.2) is 53.8 Å². The van der Waals surface area contributed by atoms with Gasteiger partial charge in [-0.2, -0.15) is 5.26 Å². The standard InChI is InChI=1S/C25H28N6O2/c26-13-17-2-7-21(8-3-17)27-10-1-11-31-15-19-4-5-20(16-31)22(19)14-28-25(32)18-6-9-23-24(12-18)30-33-29-23/h2-3,6-9,12,19-20,22,27H,1,4-5,10-11,14-16H2,(H,28,32). The lowest BCUT2D eigenvalue weighted by atomic mass is 9.85. The Morgan fingerprint density at radius 1 is 1.09 bits per heavy atom. The van der Waals surface area contributed by atoms with E-state index in [1.54, 1.807) is 18.2 Å². The second-order valence-electron chi connectivity index (χ2n) is 9.17. The van der Waals surface area contributed by atoms with Crippen molar-refractivity contribution in [1.82, 2.24) is 20.5 Å². The topological polar surface area (TPSA) is 107 Å². The molecule has 0 radical (unpaired) electrons. The Kier molecular flexibility index (Phi) is 6.22. The van der Waals surface area contributed by atoms with E-state index in [1.165, 1.54) is 12.8 Å². The zero-order valence-corrected chi connectivity index (χ0v) is 18.5. The molecule has 1 aromatic heterocycles. The minimum Gasteiger partial charge on any atom is -0.385 e. The summed E-state index contributed by atoms with van der Waals surface area (Å²) < 4.78 is 4.72. The molecule has 1 saturated heterocycles. The Hall–Kier alpha value is -3.44. The quantitative estimate of drug-likeness (QED) is 0.514. The maximum atomic E-state index is 12.7. The second kappa shape index (κ2) is 9.59. The molecule has 2 N–H and O–H groups in total. The van der Waals surface area contributed by atoms with Crippen LogP contribution in [0, 0.1) is 29.1 Å². The number of hydrogen-bond acceptors (Lipinski definition) is 7. The first-order chi connectivity index (χ1) is 16.2. The summed E-state index contributed by atoms with van der Waals surface area (Å²) >= 11 is 0. The third-order valence-corrected chi connectivity index (χ3v) is 7.11. The molecule has 1 amide bonds. The molecule has 1 aliphatic carbocycles. The Labute approximate surface area is 192 Å². The lowest BCUT2D eigenvalue weighted by Gasteiger charge is -2.38. The maximum absolute atomic E-state index is 12.7. The fraction of sp³-hybridized carbons (Fsp3) is 0.440. The van der Waals surface area contributed by atoms with Gasteiger partial charge in [0.05, 0.1) is 11.6 Å². The highest BCUT2D eigenvalue weighted by molar-refractivity contribution is 5.97. The van der Waals surface area contributed by atoms with E-state index < -0.39 is 0 Å². The van der Waals surface area contributed by atoms with Gasteiger partial charge < -0.3 is 15.5 Å². The van der Waals surface area contributed by atoms with Crippen LogP contribution in [0.15, 0.2) is 47.1 Å². The highest BCUT2D eigenvalue weighted by Gasteiger charge is 2.41. The number of benzene rings is 2. The summed E-state index contributed by atoms with van der Waals surface area (Å²) in [5.41, 5.74) is 3.59. The highest BCUT2D eigenvalue weighted by Crippen LogP contribution is 2.41. The van der Waals surface area contributed by atoms with Crippen molar-refractivity contribution in [1.29, 1.82) is 5.26 Å². The SMILES string of the molecule is N#Cc1ccc(NCCCN2CC3CCC(C2)C3CNC(=O)c2ccc3nonc3c2)cc1. The van der Waals surface area contributed by atoms with E-state index in [0.29, 0.717) is 39.9 Å². The number of likely N-dealkylation sites (tertiary alicyclic amines) is 1. The van der Waals surface area contributed by atoms with Crippen molar-refractivity contribution in [3.8, 4) is 6.07 Å². The van der Waals surface area contributed by atoms with Gasteiger partial charge in [-0.25, -0.2) is 4.63 Å². The van der Waals surface area contributed by atoms with Gasteiger partial charge in [0, 0.05) is 37.4 Å². The number of rotatable bonds is 8. The van der Waals surface area contributed by atoms with Gasteiger partial charge in [-0.05, 0) is 96.3 Å². The number of anilines is 1. The summed E-state index contributed by atoms with van der Waals surface area (Å²) in [6.07, 6.45) is 3.59. The average Bonchev–Trinajstić information content (AvgIpc) is 3.41. The lowest BCUT2D eigenvalue weighted by Crippen LogP contribution is -2.46. The van der Waals surface area contributed by atoms with E-state index >= 15 is 0 Å². The molecular formula is C25H28N6O2. The summed E-state index contributed by atoms with van der Waals surface area (Å²) in [5, 5.41) is 23.1. The molecular weight excluding hydrogens is 416 g/mol. The van der Waals surface area contributed by atoms with E-state index in [9.17, 15) is 4.79 Å². The molecule has 2 aromatic carbocycles. The van der Waals surface area contributed by atoms with Crippen molar-refractivity contribution < 1.29 is 9.42 Å². The molecule has 2 fully saturated rings. The third-order valence-electron chi connectivity index (χ3n) is 7.11. The van der Waals surface area contributed by atoms with Crippen molar-refractivity contribution in [2.75, 3.05) is 38.0 Å². The molecule has 2 aliphatic rings. The van der Waals surface area contributed by atoms with Crippen LogP contribution in [-0.2, 0) is 0 Å². The number of nitrogens with one attached hydrogen (secondary N) is 2. The van der Waals surface area contributed by atoms with Crippen LogP contribution >= 0.6 is 0 Å². The molecule has 5 rings (SSSR count). The molecule has 2 heterocycles. The van der Waals surface area contributed by atoms with Gasteiger partial charge in [-0.1, -0.05) is 0 Å². The smallest absolute Gasteiger partial charge is 0.251 e. The van der Waals surface area contributed by atoms with Crippen molar-refractivity contribution in [2.45, 2.75) is 19.3 Å². The number of carbonyl (C=O) groups excluding carboxylic acids is 1. The zero-order valence-electron chi connectivity index (χ0n) is 18.5.